The summed E-state index contributed by atoms with van der Waals surface area (Å²) in [5.41, 5.74) is 8.49. The first kappa shape index (κ1) is 14.8. The fraction of sp³-hybridized carbons (Fsp3) is 0.429. The number of hydrogen-bond acceptors (Lipinski definition) is 2. The van der Waals surface area contributed by atoms with Crippen LogP contribution in [0, 0.1) is 6.92 Å². The van der Waals surface area contributed by atoms with Crippen molar-refractivity contribution in [2.75, 3.05) is 24.5 Å². The van der Waals surface area contributed by atoms with Crippen molar-refractivity contribution in [3.8, 4) is 11.1 Å². The summed E-state index contributed by atoms with van der Waals surface area (Å²) in [6.45, 7) is 5.64. The number of fused-ring (bicyclic) bond motifs is 3. The lowest BCUT2D eigenvalue weighted by Crippen LogP contribution is -2.45. The average Bonchev–Trinajstić information content (AvgIpc) is 2.94. The molecule has 1 N–H and O–H groups in total. The van der Waals surface area contributed by atoms with Crippen molar-refractivity contribution in [3.63, 3.8) is 0 Å². The van der Waals surface area contributed by atoms with Crippen molar-refractivity contribution in [2.45, 2.75) is 38.1 Å². The molecule has 3 aliphatic heterocycles. The highest BCUT2D eigenvalue weighted by Crippen LogP contribution is 2.49. The van der Waals surface area contributed by atoms with Crippen molar-refractivity contribution >= 4 is 17.3 Å². The van der Waals surface area contributed by atoms with E-state index in [1.54, 1.807) is 16.8 Å². The van der Waals surface area contributed by atoms with E-state index in [1.165, 1.54) is 42.5 Å². The molecule has 1 saturated heterocycles. The van der Waals surface area contributed by atoms with E-state index < -0.39 is 0 Å². The van der Waals surface area contributed by atoms with Gasteiger partial charge in [-0.2, -0.15) is 0 Å². The van der Waals surface area contributed by atoms with Crippen molar-refractivity contribution < 1.29 is 0 Å². The lowest BCUT2D eigenvalue weighted by atomic mass is 9.87. The summed E-state index contributed by atoms with van der Waals surface area (Å²) in [5.74, 6) is 0.644. The highest BCUT2D eigenvalue weighted by Gasteiger charge is 2.42. The third-order valence-corrected chi connectivity index (χ3v) is 6.58. The molecule has 124 valence electrons. The van der Waals surface area contributed by atoms with E-state index in [0.717, 1.165) is 18.1 Å². The molecule has 0 amide bonds. The van der Waals surface area contributed by atoms with Crippen LogP contribution in [0.15, 0.2) is 30.3 Å². The lowest BCUT2D eigenvalue weighted by molar-refractivity contribution is 0.400. The minimum atomic E-state index is 0.644. The normalized spacial score (nSPS) is 24.7. The summed E-state index contributed by atoms with van der Waals surface area (Å²) in [7, 11) is 0. The van der Waals surface area contributed by atoms with Crippen LogP contribution in [0.5, 0.6) is 0 Å². The summed E-state index contributed by atoms with van der Waals surface area (Å²) >= 11 is 6.38. The van der Waals surface area contributed by atoms with Gasteiger partial charge in [0.1, 0.15) is 0 Å². The molecule has 0 aliphatic carbocycles. The number of benzene rings is 2. The van der Waals surface area contributed by atoms with Gasteiger partial charge in [0.05, 0.1) is 0 Å². The maximum Gasteiger partial charge on any atom is 0.0441 e. The molecule has 2 aromatic carbocycles. The van der Waals surface area contributed by atoms with Gasteiger partial charge in [0.25, 0.3) is 0 Å². The molecular weight excluding hydrogens is 316 g/mol. The standard InChI is InChI=1S/C21H23ClN2/c1-13-16(5-2-6-19(13)22)15-10-14-4-3-9-24-20-7-8-23-12-18(20)17(11-15)21(14)24/h2,5-6,10-11,18,20,23H,3-4,7-9,12H2,1H3/t18-,20-/m1/s1. The Bertz CT molecular complexity index is 814. The Balaban J connectivity index is 1.70. The molecule has 24 heavy (non-hydrogen) atoms. The first-order valence-electron chi connectivity index (χ1n) is 9.13. The average molecular weight is 339 g/mol. The van der Waals surface area contributed by atoms with Gasteiger partial charge in [0.15, 0.2) is 0 Å². The Hall–Kier alpha value is -1.51. The second-order valence-electron chi connectivity index (χ2n) is 7.45. The summed E-state index contributed by atoms with van der Waals surface area (Å²) < 4.78 is 0. The predicted molar refractivity (Wildman–Crippen MR) is 101 cm³/mol. The van der Waals surface area contributed by atoms with Crippen LogP contribution in [-0.4, -0.2) is 25.7 Å². The van der Waals surface area contributed by atoms with E-state index in [2.05, 4.69) is 41.4 Å². The van der Waals surface area contributed by atoms with Crippen molar-refractivity contribution in [2.24, 2.45) is 0 Å². The zero-order valence-electron chi connectivity index (χ0n) is 14.1. The lowest BCUT2D eigenvalue weighted by Gasteiger charge is -2.36. The maximum absolute atomic E-state index is 6.38. The molecule has 2 aromatic rings. The highest BCUT2D eigenvalue weighted by atomic mass is 35.5. The predicted octanol–water partition coefficient (Wildman–Crippen LogP) is 4.53. The van der Waals surface area contributed by atoms with Crippen LogP contribution >= 0.6 is 11.6 Å². The van der Waals surface area contributed by atoms with E-state index in [0.29, 0.717) is 12.0 Å². The molecule has 0 radical (unpaired) electrons. The van der Waals surface area contributed by atoms with Gasteiger partial charge in [-0.3, -0.25) is 0 Å². The van der Waals surface area contributed by atoms with Crippen LogP contribution < -0.4 is 10.2 Å². The molecule has 3 aliphatic rings. The number of nitrogens with one attached hydrogen (secondary N) is 1. The van der Waals surface area contributed by atoms with E-state index in [4.69, 9.17) is 11.6 Å². The number of rotatable bonds is 1. The van der Waals surface area contributed by atoms with E-state index in [-0.39, 0.29) is 0 Å². The summed E-state index contributed by atoms with van der Waals surface area (Å²) in [5, 5.41) is 4.48. The molecule has 2 nitrogen and oxygen atoms in total. The van der Waals surface area contributed by atoms with E-state index >= 15 is 0 Å². The number of piperidine rings is 1. The Morgan fingerprint density at radius 1 is 1.25 bits per heavy atom. The quantitative estimate of drug-likeness (QED) is 0.822. The van der Waals surface area contributed by atoms with E-state index in [9.17, 15) is 0 Å². The number of hydrogen-bond donors (Lipinski definition) is 1. The third kappa shape index (κ3) is 2.06. The fourth-order valence-corrected chi connectivity index (χ4v) is 5.21. The highest BCUT2D eigenvalue weighted by molar-refractivity contribution is 6.31. The van der Waals surface area contributed by atoms with Gasteiger partial charge < -0.3 is 10.2 Å². The Kier molecular flexibility index (Phi) is 3.39. The van der Waals surface area contributed by atoms with Crippen LogP contribution in [0.4, 0.5) is 5.69 Å². The van der Waals surface area contributed by atoms with Crippen LogP contribution in [0.3, 0.4) is 0 Å². The zero-order chi connectivity index (χ0) is 16.3. The Morgan fingerprint density at radius 3 is 3.08 bits per heavy atom. The molecule has 0 aromatic heterocycles. The molecule has 2 atom stereocenters. The van der Waals surface area contributed by atoms with Gasteiger partial charge in [-0.25, -0.2) is 0 Å². The van der Waals surface area contributed by atoms with Crippen molar-refractivity contribution in [1.82, 2.24) is 5.32 Å². The Morgan fingerprint density at radius 2 is 2.17 bits per heavy atom. The monoisotopic (exact) mass is 338 g/mol. The number of anilines is 1. The maximum atomic E-state index is 6.38. The van der Waals surface area contributed by atoms with Gasteiger partial charge in [0, 0.05) is 35.8 Å². The van der Waals surface area contributed by atoms with Crippen LogP contribution in [0.1, 0.15) is 35.4 Å². The van der Waals surface area contributed by atoms with Gasteiger partial charge in [-0.15, -0.1) is 0 Å². The molecule has 0 bridgehead atoms. The topological polar surface area (TPSA) is 15.3 Å². The molecule has 3 heteroatoms. The van der Waals surface area contributed by atoms with Crippen molar-refractivity contribution in [1.29, 1.82) is 0 Å². The molecule has 0 spiro atoms. The Labute approximate surface area is 148 Å². The summed E-state index contributed by atoms with van der Waals surface area (Å²) in [4.78, 5) is 2.72. The number of aryl methyl sites for hydroxylation is 1. The minimum Gasteiger partial charge on any atom is -0.367 e. The second kappa shape index (κ2) is 5.50. The van der Waals surface area contributed by atoms with Crippen LogP contribution in [0.25, 0.3) is 11.1 Å². The third-order valence-electron chi connectivity index (χ3n) is 6.17. The van der Waals surface area contributed by atoms with Crippen LogP contribution in [-0.2, 0) is 6.42 Å². The summed E-state index contributed by atoms with van der Waals surface area (Å²) in [6.07, 6.45) is 3.75. The minimum absolute atomic E-state index is 0.644. The molecule has 1 fully saturated rings. The number of halogens is 1. The molecule has 3 heterocycles. The molecule has 0 unspecified atom stereocenters. The number of nitrogens with zero attached hydrogens (tertiary/aromatic N) is 1. The SMILES string of the molecule is Cc1c(Cl)cccc1-c1cc2c3c(c1)[C@H]1CNCC[C@H]1N3CCC2. The van der Waals surface area contributed by atoms with Gasteiger partial charge in [0.2, 0.25) is 0 Å². The van der Waals surface area contributed by atoms with Crippen molar-refractivity contribution in [3.05, 3.63) is 52.0 Å². The largest absolute Gasteiger partial charge is 0.367 e. The van der Waals surface area contributed by atoms with Gasteiger partial charge in [-0.1, -0.05) is 23.7 Å². The van der Waals surface area contributed by atoms with Gasteiger partial charge in [-0.05, 0) is 78.7 Å². The van der Waals surface area contributed by atoms with Crippen LogP contribution in [0.2, 0.25) is 5.02 Å². The van der Waals surface area contributed by atoms with Gasteiger partial charge >= 0.3 is 0 Å². The smallest absolute Gasteiger partial charge is 0.0441 e. The fourth-order valence-electron chi connectivity index (χ4n) is 5.04. The van der Waals surface area contributed by atoms with E-state index in [1.807, 2.05) is 6.07 Å². The summed E-state index contributed by atoms with van der Waals surface area (Å²) in [6, 6.07) is 11.8. The second-order valence-corrected chi connectivity index (χ2v) is 7.86. The molecular formula is C21H23ClN2. The first-order chi connectivity index (χ1) is 11.7. The first-order valence-corrected chi connectivity index (χ1v) is 9.51. The molecule has 0 saturated carbocycles. The molecule has 5 rings (SSSR count). The zero-order valence-corrected chi connectivity index (χ0v) is 14.9.